The molecule has 0 saturated heterocycles. The van der Waals surface area contributed by atoms with E-state index in [-0.39, 0.29) is 30.6 Å². The van der Waals surface area contributed by atoms with Gasteiger partial charge in [0.05, 0.1) is 18.3 Å². The van der Waals surface area contributed by atoms with Gasteiger partial charge in [-0.05, 0) is 74.3 Å². The third-order valence-corrected chi connectivity index (χ3v) is 12.4. The van der Waals surface area contributed by atoms with E-state index in [1.54, 1.807) is 17.2 Å². The van der Waals surface area contributed by atoms with Gasteiger partial charge in [-0.3, -0.25) is 4.90 Å². The Morgan fingerprint density at radius 2 is 1.79 bits per heavy atom. The monoisotopic (exact) mass is 609 g/mol. The Morgan fingerprint density at radius 1 is 1.09 bits per heavy atom. The summed E-state index contributed by atoms with van der Waals surface area (Å²) in [6, 6.07) is 13.4. The smallest absolute Gasteiger partial charge is 0.411 e. The SMILES string of the molecule is CC(C)(C)OC(=O)N1CC(O[Si](C)(C)C(C)(C)C)=C[C@H]1[C@H](CNC(=O)OCc1ccccc1)c1c[nH]c2cc(F)ccc12. The zero-order valence-corrected chi connectivity index (χ0v) is 27.4. The lowest BCUT2D eigenvalue weighted by Gasteiger charge is -2.37. The fraction of sp³-hybridized carbons (Fsp3) is 0.455. The van der Waals surface area contributed by atoms with E-state index < -0.39 is 38.1 Å². The Labute approximate surface area is 254 Å². The van der Waals surface area contributed by atoms with Crippen molar-refractivity contribution in [2.24, 2.45) is 0 Å². The highest BCUT2D eigenvalue weighted by Crippen LogP contribution is 2.41. The summed E-state index contributed by atoms with van der Waals surface area (Å²) in [5.41, 5.74) is 1.60. The van der Waals surface area contributed by atoms with Crippen LogP contribution in [0.25, 0.3) is 10.9 Å². The summed E-state index contributed by atoms with van der Waals surface area (Å²) in [6.45, 7) is 16.8. The van der Waals surface area contributed by atoms with E-state index in [1.165, 1.54) is 12.1 Å². The van der Waals surface area contributed by atoms with Crippen molar-refractivity contribution in [1.82, 2.24) is 15.2 Å². The first-order valence-corrected chi connectivity index (χ1v) is 17.6. The van der Waals surface area contributed by atoms with Crippen LogP contribution in [0.15, 0.2) is 66.6 Å². The second-order valence-corrected chi connectivity index (χ2v) is 18.3. The number of aromatic amines is 1. The van der Waals surface area contributed by atoms with E-state index in [4.69, 9.17) is 13.9 Å². The highest BCUT2D eigenvalue weighted by Gasteiger charge is 2.44. The van der Waals surface area contributed by atoms with Gasteiger partial charge < -0.3 is 24.2 Å². The molecular formula is C33H44FN3O5Si. The number of aromatic nitrogens is 1. The first-order chi connectivity index (χ1) is 20.0. The lowest BCUT2D eigenvalue weighted by Crippen LogP contribution is -2.46. The van der Waals surface area contributed by atoms with Gasteiger partial charge in [-0.1, -0.05) is 51.1 Å². The standard InChI is InChI=1S/C33H44FN3O5Si/c1-32(2,3)41-31(39)37-20-24(42-43(7,8)33(4,5)6)17-29(37)27(26-18-35-28-16-23(34)14-15-25(26)28)19-36-30(38)40-21-22-12-10-9-11-13-22/h9-18,27,29,35H,19-21H2,1-8H3,(H,36,38)/t27-,29+/m1/s1. The molecule has 2 aromatic carbocycles. The number of rotatable bonds is 8. The molecule has 0 bridgehead atoms. The molecule has 2 N–H and O–H groups in total. The summed E-state index contributed by atoms with van der Waals surface area (Å²) in [5, 5.41) is 3.65. The zero-order chi connectivity index (χ0) is 31.6. The number of amides is 2. The van der Waals surface area contributed by atoms with Gasteiger partial charge in [-0.15, -0.1) is 0 Å². The van der Waals surface area contributed by atoms with Crippen LogP contribution in [0.2, 0.25) is 18.1 Å². The maximum absolute atomic E-state index is 14.1. The van der Waals surface area contributed by atoms with Gasteiger partial charge in [0.25, 0.3) is 0 Å². The number of hydrogen-bond acceptors (Lipinski definition) is 5. The quantitative estimate of drug-likeness (QED) is 0.254. The predicted molar refractivity (Wildman–Crippen MR) is 169 cm³/mol. The van der Waals surface area contributed by atoms with E-state index in [1.807, 2.05) is 57.2 Å². The lowest BCUT2D eigenvalue weighted by atomic mass is 9.90. The van der Waals surface area contributed by atoms with E-state index in [0.717, 1.165) is 16.5 Å². The third-order valence-electron chi connectivity index (χ3n) is 8.03. The molecule has 0 saturated carbocycles. The molecule has 1 aliphatic rings. The fourth-order valence-corrected chi connectivity index (χ4v) is 5.90. The highest BCUT2D eigenvalue weighted by molar-refractivity contribution is 6.74. The molecule has 232 valence electrons. The van der Waals surface area contributed by atoms with Crippen LogP contribution in [-0.2, 0) is 20.5 Å². The topological polar surface area (TPSA) is 92.9 Å². The summed E-state index contributed by atoms with van der Waals surface area (Å²) in [7, 11) is -2.23. The number of nitrogens with one attached hydrogen (secondary N) is 2. The van der Waals surface area contributed by atoms with Gasteiger partial charge >= 0.3 is 12.2 Å². The summed E-state index contributed by atoms with van der Waals surface area (Å²) in [5.74, 6) is -0.0947. The van der Waals surface area contributed by atoms with Crippen LogP contribution in [0.3, 0.4) is 0 Å². The fourth-order valence-electron chi connectivity index (χ4n) is 4.80. The van der Waals surface area contributed by atoms with Gasteiger partial charge in [0.15, 0.2) is 0 Å². The van der Waals surface area contributed by atoms with E-state index in [9.17, 15) is 14.0 Å². The minimum absolute atomic E-state index is 0.0486. The van der Waals surface area contributed by atoms with Crippen LogP contribution in [0, 0.1) is 5.82 Å². The average molecular weight is 610 g/mol. The lowest BCUT2D eigenvalue weighted by molar-refractivity contribution is 0.0212. The molecule has 0 radical (unpaired) electrons. The number of ether oxygens (including phenoxy) is 2. The minimum Gasteiger partial charge on any atom is -0.545 e. The molecule has 3 aromatic rings. The van der Waals surface area contributed by atoms with Crippen LogP contribution in [-0.4, -0.2) is 55.1 Å². The maximum Gasteiger partial charge on any atom is 0.411 e. The molecule has 0 unspecified atom stereocenters. The van der Waals surface area contributed by atoms with Crippen LogP contribution >= 0.6 is 0 Å². The molecule has 2 heterocycles. The summed E-state index contributed by atoms with van der Waals surface area (Å²) in [4.78, 5) is 31.3. The molecule has 8 nitrogen and oxygen atoms in total. The van der Waals surface area contributed by atoms with Gasteiger partial charge in [-0.2, -0.15) is 0 Å². The molecule has 1 aromatic heterocycles. The van der Waals surface area contributed by atoms with Crippen molar-refractivity contribution in [2.75, 3.05) is 13.1 Å². The maximum atomic E-state index is 14.1. The number of alkyl carbamates (subject to hydrolysis) is 1. The Kier molecular flexibility index (Phi) is 9.29. The van der Waals surface area contributed by atoms with Gasteiger partial charge in [0.1, 0.15) is 18.0 Å². The van der Waals surface area contributed by atoms with Crippen molar-refractivity contribution in [1.29, 1.82) is 0 Å². The third kappa shape index (κ3) is 7.98. The van der Waals surface area contributed by atoms with Crippen molar-refractivity contribution in [2.45, 2.75) is 83.8 Å². The minimum atomic E-state index is -2.23. The Hall–Kier alpha value is -3.79. The molecule has 0 fully saturated rings. The van der Waals surface area contributed by atoms with E-state index in [0.29, 0.717) is 11.3 Å². The highest BCUT2D eigenvalue weighted by atomic mass is 28.4. The van der Waals surface area contributed by atoms with Crippen LogP contribution in [0.1, 0.15) is 58.6 Å². The summed E-state index contributed by atoms with van der Waals surface area (Å²) < 4.78 is 32.0. The Morgan fingerprint density at radius 3 is 2.44 bits per heavy atom. The molecule has 1 aliphatic heterocycles. The second kappa shape index (κ2) is 12.4. The molecule has 10 heteroatoms. The molecule has 4 rings (SSSR count). The molecular weight excluding hydrogens is 565 g/mol. The molecule has 0 spiro atoms. The van der Waals surface area contributed by atoms with Crippen molar-refractivity contribution in [3.05, 3.63) is 83.5 Å². The van der Waals surface area contributed by atoms with Crippen LogP contribution in [0.5, 0.6) is 0 Å². The van der Waals surface area contributed by atoms with E-state index >= 15 is 0 Å². The van der Waals surface area contributed by atoms with E-state index in [2.05, 4.69) is 44.2 Å². The van der Waals surface area contributed by atoms with Crippen LogP contribution < -0.4 is 5.32 Å². The van der Waals surface area contributed by atoms with Crippen molar-refractivity contribution in [3.8, 4) is 0 Å². The summed E-state index contributed by atoms with van der Waals surface area (Å²) >= 11 is 0. The predicted octanol–water partition coefficient (Wildman–Crippen LogP) is 7.84. The number of fused-ring (bicyclic) bond motifs is 1. The molecule has 43 heavy (non-hydrogen) atoms. The molecule has 2 atom stereocenters. The number of benzene rings is 2. The Balaban J connectivity index is 1.69. The van der Waals surface area contributed by atoms with Crippen LogP contribution in [0.4, 0.5) is 14.0 Å². The van der Waals surface area contributed by atoms with Gasteiger partial charge in [-0.25, -0.2) is 14.0 Å². The number of carbonyl (C=O) groups is 2. The number of hydrogen-bond donors (Lipinski definition) is 2. The number of halogens is 1. The number of carbonyl (C=O) groups excluding carboxylic acids is 2. The number of nitrogens with zero attached hydrogens (tertiary/aromatic N) is 1. The van der Waals surface area contributed by atoms with Crippen molar-refractivity contribution in [3.63, 3.8) is 0 Å². The first kappa shape index (κ1) is 32.1. The molecule has 0 aliphatic carbocycles. The summed E-state index contributed by atoms with van der Waals surface area (Å²) in [6.07, 6.45) is 2.71. The van der Waals surface area contributed by atoms with Crippen molar-refractivity contribution >= 4 is 31.4 Å². The zero-order valence-electron chi connectivity index (χ0n) is 26.4. The Bertz CT molecular complexity index is 1470. The first-order valence-electron chi connectivity index (χ1n) is 14.6. The van der Waals surface area contributed by atoms with Gasteiger partial charge in [0, 0.05) is 29.6 Å². The molecule has 2 amide bonds. The normalized spacial score (nSPS) is 16.5. The average Bonchev–Trinajstić information content (AvgIpc) is 3.50. The second-order valence-electron chi connectivity index (χ2n) is 13.6. The number of H-pyrrole nitrogens is 1. The van der Waals surface area contributed by atoms with Gasteiger partial charge in [0.2, 0.25) is 8.32 Å². The largest absolute Gasteiger partial charge is 0.545 e. The van der Waals surface area contributed by atoms with Crippen molar-refractivity contribution < 1.29 is 27.9 Å².